The van der Waals surface area contributed by atoms with Crippen molar-refractivity contribution in [2.75, 3.05) is 10.2 Å². The summed E-state index contributed by atoms with van der Waals surface area (Å²) in [5, 5.41) is 0. The summed E-state index contributed by atoms with van der Waals surface area (Å²) in [4.78, 5) is 16.3. The molecule has 1 aromatic carbocycles. The first-order chi connectivity index (χ1) is 12.4. The highest BCUT2D eigenvalue weighted by atomic mass is 127. The van der Waals surface area contributed by atoms with Crippen LogP contribution < -0.4 is 5.73 Å². The molecule has 3 N–H and O–H groups in total. The van der Waals surface area contributed by atoms with Gasteiger partial charge in [-0.3, -0.25) is 0 Å². The van der Waals surface area contributed by atoms with Crippen molar-refractivity contribution in [2.24, 2.45) is 0 Å². The summed E-state index contributed by atoms with van der Waals surface area (Å²) in [6.45, 7) is 6.51. The number of nitrogens with zero attached hydrogens (tertiary/aromatic N) is 3. The molecular formula is C20H24IN5. The van der Waals surface area contributed by atoms with E-state index in [1.165, 1.54) is 16.4 Å². The van der Waals surface area contributed by atoms with Crippen LogP contribution in [0.5, 0.6) is 0 Å². The number of nitrogen functional groups attached to an aromatic ring is 1. The molecule has 1 atom stereocenters. The molecule has 0 saturated carbocycles. The van der Waals surface area contributed by atoms with Gasteiger partial charge in [-0.2, -0.15) is 0 Å². The summed E-state index contributed by atoms with van der Waals surface area (Å²) in [5.74, 6) is 1.74. The lowest BCUT2D eigenvalue weighted by molar-refractivity contribution is 0.615. The zero-order valence-corrected chi connectivity index (χ0v) is 17.5. The lowest BCUT2D eigenvalue weighted by Gasteiger charge is -2.22. The number of anilines is 1. The van der Waals surface area contributed by atoms with Crippen LogP contribution in [0.3, 0.4) is 0 Å². The quantitative estimate of drug-likeness (QED) is 0.412. The summed E-state index contributed by atoms with van der Waals surface area (Å²) in [5.41, 5.74) is 9.78. The maximum atomic E-state index is 5.60. The van der Waals surface area contributed by atoms with Gasteiger partial charge in [0.25, 0.3) is 0 Å². The second-order valence-corrected chi connectivity index (χ2v) is 8.18. The minimum absolute atomic E-state index is 0.284. The molecule has 0 amide bonds. The largest absolute Gasteiger partial charge is 0.368 e. The number of rotatable bonds is 6. The van der Waals surface area contributed by atoms with Gasteiger partial charge in [0, 0.05) is 45.3 Å². The summed E-state index contributed by atoms with van der Waals surface area (Å²) >= 11 is 2.43. The van der Waals surface area contributed by atoms with Crippen molar-refractivity contribution in [3.63, 3.8) is 0 Å². The van der Waals surface area contributed by atoms with Crippen molar-refractivity contribution in [1.29, 1.82) is 0 Å². The fourth-order valence-electron chi connectivity index (χ4n) is 2.90. The number of nitrogens with one attached hydrogen (secondary N) is 1. The fourth-order valence-corrected chi connectivity index (χ4v) is 3.84. The predicted molar refractivity (Wildman–Crippen MR) is 115 cm³/mol. The number of alkyl halides is 1. The van der Waals surface area contributed by atoms with Crippen LogP contribution in [0.4, 0.5) is 5.95 Å². The van der Waals surface area contributed by atoms with Crippen molar-refractivity contribution in [3.8, 4) is 11.4 Å². The standard InChI is InChI=1S/C20H24IN5/c1-13(8-9-21)14-4-6-15(7-5-14)18-23-12-17(26-18)20(2,3)16-10-24-19(22)25-11-16/h4-7,10-13H,8-9H2,1-3H3,(H,23,26)(H2,22,24,25). The maximum absolute atomic E-state index is 5.60. The minimum atomic E-state index is -0.284. The molecule has 0 saturated heterocycles. The highest BCUT2D eigenvalue weighted by molar-refractivity contribution is 14.1. The smallest absolute Gasteiger partial charge is 0.219 e. The number of hydrogen-bond donors (Lipinski definition) is 2. The molecule has 136 valence electrons. The number of benzene rings is 1. The zero-order valence-electron chi connectivity index (χ0n) is 15.3. The van der Waals surface area contributed by atoms with Gasteiger partial charge < -0.3 is 10.7 Å². The van der Waals surface area contributed by atoms with E-state index >= 15 is 0 Å². The Hall–Kier alpha value is -1.96. The van der Waals surface area contributed by atoms with E-state index in [4.69, 9.17) is 5.73 Å². The Balaban J connectivity index is 1.84. The van der Waals surface area contributed by atoms with Crippen molar-refractivity contribution in [2.45, 2.75) is 38.5 Å². The Bertz CT molecular complexity index is 853. The molecule has 0 aliphatic rings. The van der Waals surface area contributed by atoms with Crippen LogP contribution in [-0.2, 0) is 5.41 Å². The second kappa shape index (κ2) is 7.73. The highest BCUT2D eigenvalue weighted by Crippen LogP contribution is 2.31. The molecule has 2 heterocycles. The van der Waals surface area contributed by atoms with E-state index in [2.05, 4.69) is 87.6 Å². The number of nitrogens with two attached hydrogens (primary N) is 1. The van der Waals surface area contributed by atoms with E-state index in [1.807, 2.05) is 6.20 Å². The highest BCUT2D eigenvalue weighted by Gasteiger charge is 2.26. The van der Waals surface area contributed by atoms with Gasteiger partial charge in [0.1, 0.15) is 5.82 Å². The number of imidazole rings is 1. The molecule has 1 unspecified atom stereocenters. The Morgan fingerprint density at radius 1 is 1.08 bits per heavy atom. The number of aromatic nitrogens is 4. The van der Waals surface area contributed by atoms with E-state index in [0.29, 0.717) is 5.92 Å². The van der Waals surface area contributed by atoms with Crippen LogP contribution in [0.1, 0.15) is 49.9 Å². The average molecular weight is 461 g/mol. The zero-order chi connectivity index (χ0) is 18.7. The molecule has 5 nitrogen and oxygen atoms in total. The SMILES string of the molecule is CC(CCI)c1ccc(-c2ncc(C(C)(C)c3cnc(N)nc3)[nH]2)cc1. The van der Waals surface area contributed by atoms with Crippen LogP contribution in [0, 0.1) is 0 Å². The first-order valence-electron chi connectivity index (χ1n) is 8.71. The van der Waals surface area contributed by atoms with Gasteiger partial charge in [-0.1, -0.05) is 67.6 Å². The van der Waals surface area contributed by atoms with E-state index in [-0.39, 0.29) is 11.4 Å². The van der Waals surface area contributed by atoms with Crippen LogP contribution >= 0.6 is 22.6 Å². The van der Waals surface area contributed by atoms with Gasteiger partial charge in [0.05, 0.1) is 0 Å². The Labute approximate surface area is 168 Å². The van der Waals surface area contributed by atoms with Gasteiger partial charge in [-0.15, -0.1) is 0 Å². The molecule has 6 heteroatoms. The van der Waals surface area contributed by atoms with Gasteiger partial charge in [0.15, 0.2) is 0 Å². The Kier molecular flexibility index (Phi) is 5.60. The van der Waals surface area contributed by atoms with Crippen molar-refractivity contribution < 1.29 is 0 Å². The van der Waals surface area contributed by atoms with Crippen LogP contribution in [0.15, 0.2) is 42.9 Å². The molecule has 0 aliphatic heterocycles. The van der Waals surface area contributed by atoms with E-state index in [1.54, 1.807) is 12.4 Å². The minimum Gasteiger partial charge on any atom is -0.368 e. The molecule has 3 rings (SSSR count). The number of aromatic amines is 1. The lowest BCUT2D eigenvalue weighted by atomic mass is 9.83. The molecule has 3 aromatic rings. The van der Waals surface area contributed by atoms with Gasteiger partial charge >= 0.3 is 0 Å². The molecule has 0 radical (unpaired) electrons. The van der Waals surface area contributed by atoms with Crippen LogP contribution in [0.25, 0.3) is 11.4 Å². The number of hydrogen-bond acceptors (Lipinski definition) is 4. The van der Waals surface area contributed by atoms with Gasteiger partial charge in [-0.05, 0) is 17.9 Å². The van der Waals surface area contributed by atoms with Crippen molar-refractivity contribution in [1.82, 2.24) is 19.9 Å². The molecule has 0 spiro atoms. The first-order valence-corrected chi connectivity index (χ1v) is 10.2. The normalized spacial score (nSPS) is 12.9. The lowest BCUT2D eigenvalue weighted by Crippen LogP contribution is -2.20. The third-order valence-electron chi connectivity index (χ3n) is 4.94. The predicted octanol–water partition coefficient (Wildman–Crippen LogP) is 4.70. The van der Waals surface area contributed by atoms with E-state index in [0.717, 1.165) is 22.6 Å². The maximum Gasteiger partial charge on any atom is 0.219 e. The molecule has 0 aliphatic carbocycles. The first kappa shape index (κ1) is 18.8. The number of H-pyrrole nitrogens is 1. The second-order valence-electron chi connectivity index (χ2n) is 7.10. The Morgan fingerprint density at radius 3 is 2.35 bits per heavy atom. The molecule has 0 bridgehead atoms. The molecule has 26 heavy (non-hydrogen) atoms. The molecular weight excluding hydrogens is 437 g/mol. The van der Waals surface area contributed by atoms with E-state index < -0.39 is 0 Å². The van der Waals surface area contributed by atoms with Gasteiger partial charge in [0.2, 0.25) is 5.95 Å². The van der Waals surface area contributed by atoms with Crippen molar-refractivity contribution in [3.05, 3.63) is 59.7 Å². The van der Waals surface area contributed by atoms with Gasteiger partial charge in [-0.25, -0.2) is 15.0 Å². The van der Waals surface area contributed by atoms with Crippen LogP contribution in [-0.4, -0.2) is 24.4 Å². The third kappa shape index (κ3) is 3.90. The fraction of sp³-hybridized carbons (Fsp3) is 0.350. The van der Waals surface area contributed by atoms with Crippen LogP contribution in [0.2, 0.25) is 0 Å². The summed E-state index contributed by atoms with van der Waals surface area (Å²) in [7, 11) is 0. The molecule has 0 fully saturated rings. The molecule has 2 aromatic heterocycles. The summed E-state index contributed by atoms with van der Waals surface area (Å²) < 4.78 is 1.17. The van der Waals surface area contributed by atoms with Crippen molar-refractivity contribution >= 4 is 28.5 Å². The third-order valence-corrected chi connectivity index (χ3v) is 5.56. The monoisotopic (exact) mass is 461 g/mol. The Morgan fingerprint density at radius 2 is 1.73 bits per heavy atom. The number of halogens is 1. The summed E-state index contributed by atoms with van der Waals surface area (Å²) in [6.07, 6.45) is 6.62. The summed E-state index contributed by atoms with van der Waals surface area (Å²) in [6, 6.07) is 8.68. The topological polar surface area (TPSA) is 80.5 Å². The average Bonchev–Trinajstić information content (AvgIpc) is 3.13. The van der Waals surface area contributed by atoms with E-state index in [9.17, 15) is 0 Å².